The van der Waals surface area contributed by atoms with Crippen LogP contribution in [-0.4, -0.2) is 9.78 Å². The summed E-state index contributed by atoms with van der Waals surface area (Å²) in [5, 5.41) is 7.55. The summed E-state index contributed by atoms with van der Waals surface area (Å²) in [4.78, 5) is 0. The second-order valence-corrected chi connectivity index (χ2v) is 4.28. The first-order valence-corrected chi connectivity index (χ1v) is 6.26. The minimum absolute atomic E-state index is 0.823. The lowest BCUT2D eigenvalue weighted by atomic mass is 10.1. The highest BCUT2D eigenvalue weighted by Gasteiger charge is 1.97. The van der Waals surface area contributed by atoms with Crippen molar-refractivity contribution in [2.75, 3.05) is 0 Å². The van der Waals surface area contributed by atoms with Crippen molar-refractivity contribution in [1.82, 2.24) is 15.1 Å². The Kier molecular flexibility index (Phi) is 4.31. The first-order valence-electron chi connectivity index (χ1n) is 6.26. The molecule has 1 aromatic heterocycles. The molecule has 0 saturated carbocycles. The lowest BCUT2D eigenvalue weighted by Crippen LogP contribution is -2.12. The van der Waals surface area contributed by atoms with Crippen molar-refractivity contribution >= 4 is 6.20 Å². The molecule has 3 nitrogen and oxygen atoms in total. The normalized spacial score (nSPS) is 10.5. The smallest absolute Gasteiger partial charge is 0.0538 e. The predicted molar refractivity (Wildman–Crippen MR) is 75.0 cm³/mol. The molecule has 2 rings (SSSR count). The maximum atomic E-state index is 4.14. The number of benzene rings is 1. The molecule has 0 unspecified atom stereocenters. The summed E-state index contributed by atoms with van der Waals surface area (Å²) in [6.45, 7) is 7.54. The van der Waals surface area contributed by atoms with Crippen LogP contribution in [0.1, 0.15) is 23.6 Å². The molecule has 0 bridgehead atoms. The van der Waals surface area contributed by atoms with Crippen molar-refractivity contribution in [2.45, 2.75) is 26.4 Å². The number of hydrogen-bond acceptors (Lipinski definition) is 2. The average Bonchev–Trinajstić information content (AvgIpc) is 2.87. The summed E-state index contributed by atoms with van der Waals surface area (Å²) in [6, 6.07) is 8.73. The molecular formula is C15H19N3. The summed E-state index contributed by atoms with van der Waals surface area (Å²) in [5.41, 5.74) is 3.86. The molecule has 2 aromatic rings. The molecule has 1 aromatic carbocycles. The molecule has 1 N–H and O–H groups in total. The predicted octanol–water partition coefficient (Wildman–Crippen LogP) is 2.84. The van der Waals surface area contributed by atoms with Gasteiger partial charge in [-0.3, -0.25) is 0 Å². The number of nitrogens with zero attached hydrogens (tertiary/aromatic N) is 2. The molecule has 0 saturated heterocycles. The van der Waals surface area contributed by atoms with E-state index in [1.54, 1.807) is 10.9 Å². The number of rotatable bonds is 6. The van der Waals surface area contributed by atoms with Crippen LogP contribution in [0.3, 0.4) is 0 Å². The molecule has 0 atom stereocenters. The topological polar surface area (TPSA) is 29.9 Å². The fraction of sp³-hybridized carbons (Fsp3) is 0.267. The third kappa shape index (κ3) is 3.31. The van der Waals surface area contributed by atoms with Gasteiger partial charge in [-0.25, -0.2) is 4.68 Å². The molecule has 0 amide bonds. The molecule has 1 heterocycles. The van der Waals surface area contributed by atoms with Gasteiger partial charge < -0.3 is 5.32 Å². The van der Waals surface area contributed by atoms with Gasteiger partial charge in [0.05, 0.1) is 6.20 Å². The maximum Gasteiger partial charge on any atom is 0.0538 e. The van der Waals surface area contributed by atoms with Crippen molar-refractivity contribution in [3.05, 3.63) is 59.9 Å². The van der Waals surface area contributed by atoms with E-state index in [1.807, 2.05) is 12.4 Å². The van der Waals surface area contributed by atoms with Gasteiger partial charge in [0.15, 0.2) is 0 Å². The van der Waals surface area contributed by atoms with Crippen LogP contribution in [0.15, 0.2) is 43.2 Å². The zero-order valence-corrected chi connectivity index (χ0v) is 10.8. The minimum Gasteiger partial charge on any atom is -0.309 e. The largest absolute Gasteiger partial charge is 0.309 e. The van der Waals surface area contributed by atoms with Gasteiger partial charge in [0.2, 0.25) is 0 Å². The molecule has 18 heavy (non-hydrogen) atoms. The zero-order valence-electron chi connectivity index (χ0n) is 10.8. The summed E-state index contributed by atoms with van der Waals surface area (Å²) in [7, 11) is 0. The highest BCUT2D eigenvalue weighted by atomic mass is 15.2. The van der Waals surface area contributed by atoms with E-state index in [4.69, 9.17) is 0 Å². The quantitative estimate of drug-likeness (QED) is 0.842. The summed E-state index contributed by atoms with van der Waals surface area (Å²) >= 11 is 0. The van der Waals surface area contributed by atoms with Gasteiger partial charge in [0.25, 0.3) is 0 Å². The molecule has 0 fully saturated rings. The fourth-order valence-electron chi connectivity index (χ4n) is 1.81. The van der Waals surface area contributed by atoms with E-state index in [0.717, 1.165) is 19.5 Å². The first-order chi connectivity index (χ1) is 8.81. The van der Waals surface area contributed by atoms with Crippen LogP contribution in [0.2, 0.25) is 0 Å². The Hall–Kier alpha value is -1.87. The van der Waals surface area contributed by atoms with E-state index in [-0.39, 0.29) is 0 Å². The third-order valence-corrected chi connectivity index (χ3v) is 2.93. The van der Waals surface area contributed by atoms with Gasteiger partial charge in [-0.15, -0.1) is 0 Å². The number of aryl methyl sites for hydroxylation is 1. The van der Waals surface area contributed by atoms with E-state index in [0.29, 0.717) is 0 Å². The van der Waals surface area contributed by atoms with Crippen LogP contribution >= 0.6 is 0 Å². The SMILES string of the molecule is C=Cn1cc(CNCc2ccc(CC)cc2)cn1. The van der Waals surface area contributed by atoms with Gasteiger partial charge >= 0.3 is 0 Å². The monoisotopic (exact) mass is 241 g/mol. The Balaban J connectivity index is 1.82. The van der Waals surface area contributed by atoms with Gasteiger partial charge in [-0.2, -0.15) is 5.10 Å². The van der Waals surface area contributed by atoms with Crippen LogP contribution in [0.4, 0.5) is 0 Å². The van der Waals surface area contributed by atoms with Crippen molar-refractivity contribution in [3.63, 3.8) is 0 Å². The molecular weight excluding hydrogens is 222 g/mol. The van der Waals surface area contributed by atoms with Gasteiger partial charge in [-0.1, -0.05) is 37.8 Å². The molecule has 0 spiro atoms. The second kappa shape index (κ2) is 6.17. The second-order valence-electron chi connectivity index (χ2n) is 4.28. The van der Waals surface area contributed by atoms with E-state index >= 15 is 0 Å². The highest BCUT2D eigenvalue weighted by Crippen LogP contribution is 2.05. The lowest BCUT2D eigenvalue weighted by molar-refractivity contribution is 0.693. The maximum absolute atomic E-state index is 4.14. The van der Waals surface area contributed by atoms with Gasteiger partial charge in [-0.05, 0) is 17.5 Å². The first kappa shape index (κ1) is 12.6. The molecule has 94 valence electrons. The highest BCUT2D eigenvalue weighted by molar-refractivity contribution is 5.22. The van der Waals surface area contributed by atoms with E-state index in [1.165, 1.54) is 16.7 Å². The Morgan fingerprint density at radius 1 is 1.17 bits per heavy atom. The average molecular weight is 241 g/mol. The standard InChI is InChI=1S/C15H19N3/c1-3-13-5-7-14(8-6-13)9-16-10-15-11-17-18(4-2)12-15/h4-8,11-12,16H,2-3,9-10H2,1H3. The van der Waals surface area contributed by atoms with Gasteiger partial charge in [0.1, 0.15) is 0 Å². The van der Waals surface area contributed by atoms with E-state index < -0.39 is 0 Å². The number of aromatic nitrogens is 2. The lowest BCUT2D eigenvalue weighted by Gasteiger charge is -2.04. The van der Waals surface area contributed by atoms with Crippen LogP contribution in [0, 0.1) is 0 Å². The number of hydrogen-bond donors (Lipinski definition) is 1. The van der Waals surface area contributed by atoms with Crippen molar-refractivity contribution in [2.24, 2.45) is 0 Å². The van der Waals surface area contributed by atoms with E-state index in [2.05, 4.69) is 48.2 Å². The summed E-state index contributed by atoms with van der Waals surface area (Å²) in [6.07, 6.45) is 6.61. The fourth-order valence-corrected chi connectivity index (χ4v) is 1.81. The Morgan fingerprint density at radius 2 is 1.83 bits per heavy atom. The Bertz CT molecular complexity index is 497. The van der Waals surface area contributed by atoms with Crippen LogP contribution in [0.25, 0.3) is 6.20 Å². The number of nitrogens with one attached hydrogen (secondary N) is 1. The van der Waals surface area contributed by atoms with Crippen molar-refractivity contribution in [1.29, 1.82) is 0 Å². The third-order valence-electron chi connectivity index (χ3n) is 2.93. The zero-order chi connectivity index (χ0) is 12.8. The van der Waals surface area contributed by atoms with E-state index in [9.17, 15) is 0 Å². The Morgan fingerprint density at radius 3 is 2.44 bits per heavy atom. The van der Waals surface area contributed by atoms with Gasteiger partial charge in [0, 0.05) is 31.0 Å². The molecule has 0 aliphatic carbocycles. The Labute approximate surface area is 108 Å². The molecule has 3 heteroatoms. The van der Waals surface area contributed by atoms with Crippen molar-refractivity contribution < 1.29 is 0 Å². The summed E-state index contributed by atoms with van der Waals surface area (Å²) < 4.78 is 1.72. The van der Waals surface area contributed by atoms with Crippen LogP contribution < -0.4 is 5.32 Å². The van der Waals surface area contributed by atoms with Crippen LogP contribution in [0.5, 0.6) is 0 Å². The molecule has 0 aliphatic heterocycles. The molecule has 0 aliphatic rings. The van der Waals surface area contributed by atoms with Crippen LogP contribution in [-0.2, 0) is 19.5 Å². The molecule has 0 radical (unpaired) electrons. The minimum atomic E-state index is 0.823. The van der Waals surface area contributed by atoms with Crippen molar-refractivity contribution in [3.8, 4) is 0 Å². The summed E-state index contributed by atoms with van der Waals surface area (Å²) in [5.74, 6) is 0.